The number of hydrogen-bond acceptors (Lipinski definition) is 4. The van der Waals surface area contributed by atoms with E-state index in [4.69, 9.17) is 0 Å². The van der Waals surface area contributed by atoms with Crippen LogP contribution in [-0.4, -0.2) is 70.3 Å². The van der Waals surface area contributed by atoms with Gasteiger partial charge in [-0.15, -0.1) is 0 Å². The van der Waals surface area contributed by atoms with Crippen molar-refractivity contribution < 1.29 is 18.8 Å². The second-order valence-corrected chi connectivity index (χ2v) is 13.1. The maximum Gasteiger partial charge on any atom is 0.255 e. The Bertz CT molecular complexity index is 1120. The summed E-state index contributed by atoms with van der Waals surface area (Å²) >= 11 is 0. The smallest absolute Gasteiger partial charge is 0.255 e. The van der Waals surface area contributed by atoms with Gasteiger partial charge in [-0.1, -0.05) is 25.0 Å². The Labute approximate surface area is 219 Å². The van der Waals surface area contributed by atoms with Crippen LogP contribution in [0.15, 0.2) is 18.2 Å². The third kappa shape index (κ3) is 4.31. The van der Waals surface area contributed by atoms with Crippen molar-refractivity contribution in [3.63, 3.8) is 0 Å². The maximum absolute atomic E-state index is 14.1. The molecule has 1 aromatic carbocycles. The summed E-state index contributed by atoms with van der Waals surface area (Å²) in [5.74, 6) is 0.0260. The van der Waals surface area contributed by atoms with Crippen LogP contribution in [0.2, 0.25) is 0 Å². The van der Waals surface area contributed by atoms with E-state index in [-0.39, 0.29) is 23.1 Å². The minimum Gasteiger partial charge on any atom is -0.322 e. The van der Waals surface area contributed by atoms with Crippen molar-refractivity contribution in [3.8, 4) is 0 Å². The van der Waals surface area contributed by atoms with Crippen LogP contribution in [0.3, 0.4) is 0 Å². The first-order valence-electron chi connectivity index (χ1n) is 14.2. The van der Waals surface area contributed by atoms with Crippen LogP contribution in [0.5, 0.6) is 0 Å². The van der Waals surface area contributed by atoms with Crippen molar-refractivity contribution in [3.05, 3.63) is 34.9 Å². The number of benzene rings is 1. The van der Waals surface area contributed by atoms with Crippen LogP contribution >= 0.6 is 0 Å². The molecule has 3 saturated carbocycles. The number of halogens is 1. The lowest BCUT2D eigenvalue weighted by atomic mass is 9.49. The molecule has 1 saturated heterocycles. The molecule has 6 nitrogen and oxygen atoms in total. The summed E-state index contributed by atoms with van der Waals surface area (Å²) in [6.45, 7) is 2.19. The van der Waals surface area contributed by atoms with E-state index in [0.29, 0.717) is 43.0 Å². The molecule has 2 aliphatic heterocycles. The SMILES string of the molecule is CN1C(=O)CCC(N2Cc3cc(C[C@H]4CCCCC4N(C)C4CC5(C4)CC(C)(F)C5)ccc3C2=O)C1=O. The summed E-state index contributed by atoms with van der Waals surface area (Å²) in [5, 5.41) is 0. The first-order valence-corrected chi connectivity index (χ1v) is 14.2. The van der Waals surface area contributed by atoms with Crippen LogP contribution < -0.4 is 0 Å². The van der Waals surface area contributed by atoms with Crippen LogP contribution in [0.25, 0.3) is 0 Å². The molecule has 200 valence electrons. The zero-order valence-electron chi connectivity index (χ0n) is 22.5. The van der Waals surface area contributed by atoms with Gasteiger partial charge in [-0.3, -0.25) is 19.3 Å². The number of likely N-dealkylation sites (tertiary alicyclic amines) is 1. The molecular formula is C30H40FN3O3. The highest BCUT2D eigenvalue weighted by Gasteiger charge is 2.59. The molecule has 0 bridgehead atoms. The molecule has 4 fully saturated rings. The lowest BCUT2D eigenvalue weighted by molar-refractivity contribution is -0.150. The Hall–Kier alpha value is -2.28. The number of hydrogen-bond donors (Lipinski definition) is 0. The van der Waals surface area contributed by atoms with E-state index in [1.165, 1.54) is 43.2 Å². The van der Waals surface area contributed by atoms with E-state index in [9.17, 15) is 18.8 Å². The lowest BCUT2D eigenvalue weighted by Crippen LogP contribution is -2.62. The third-order valence-electron chi connectivity index (χ3n) is 10.3. The molecule has 0 radical (unpaired) electrons. The zero-order valence-corrected chi connectivity index (χ0v) is 22.5. The van der Waals surface area contributed by atoms with Gasteiger partial charge in [-0.2, -0.15) is 0 Å². The Morgan fingerprint density at radius 2 is 1.81 bits per heavy atom. The number of carbonyl (C=O) groups is 3. The van der Waals surface area contributed by atoms with Gasteiger partial charge >= 0.3 is 0 Å². The monoisotopic (exact) mass is 509 g/mol. The fourth-order valence-electron chi connectivity index (χ4n) is 8.53. The summed E-state index contributed by atoms with van der Waals surface area (Å²) in [5.41, 5.74) is 2.27. The minimum atomic E-state index is -0.945. The Kier molecular flexibility index (Phi) is 6.01. The number of imide groups is 1. The molecule has 1 aromatic rings. The van der Waals surface area contributed by atoms with Crippen molar-refractivity contribution in [2.45, 2.75) is 108 Å². The number of carbonyl (C=O) groups excluding carboxylic acids is 3. The number of piperidine rings is 1. The quantitative estimate of drug-likeness (QED) is 0.549. The molecule has 1 spiro atoms. The first-order chi connectivity index (χ1) is 17.6. The fraction of sp³-hybridized carbons (Fsp3) is 0.700. The molecule has 7 heteroatoms. The summed E-state index contributed by atoms with van der Waals surface area (Å²) in [6.07, 6.45) is 10.4. The molecule has 0 aromatic heterocycles. The number of alkyl halides is 1. The van der Waals surface area contributed by atoms with E-state index >= 15 is 0 Å². The highest BCUT2D eigenvalue weighted by atomic mass is 19.1. The van der Waals surface area contributed by atoms with E-state index in [1.54, 1.807) is 11.8 Å². The number of likely N-dealkylation sites (N-methyl/N-ethyl adjacent to an activating group) is 1. The lowest BCUT2D eigenvalue weighted by Gasteiger charge is -2.62. The Morgan fingerprint density at radius 3 is 2.54 bits per heavy atom. The molecule has 6 rings (SSSR count). The molecule has 37 heavy (non-hydrogen) atoms. The van der Waals surface area contributed by atoms with Crippen molar-refractivity contribution >= 4 is 17.7 Å². The van der Waals surface area contributed by atoms with Crippen molar-refractivity contribution in [1.82, 2.24) is 14.7 Å². The van der Waals surface area contributed by atoms with E-state index in [2.05, 4.69) is 24.1 Å². The third-order valence-corrected chi connectivity index (χ3v) is 10.3. The molecule has 3 atom stereocenters. The summed E-state index contributed by atoms with van der Waals surface area (Å²) < 4.78 is 14.1. The van der Waals surface area contributed by atoms with Gasteiger partial charge < -0.3 is 9.80 Å². The summed E-state index contributed by atoms with van der Waals surface area (Å²) in [7, 11) is 3.80. The standard InChI is InChI=1S/C30H40FN3O3/c1-29(31)17-30(18-29)14-22(15-30)32(2)24-7-5-4-6-20(24)12-19-8-9-23-21(13-19)16-34(27(23)36)25-10-11-26(35)33(3)28(25)37/h8-9,13,20,22,24-25H,4-7,10-12,14-18H2,1-3H3/t20-,22?,24?,25?,29?,30?/m1/s1. The molecule has 3 amide bonds. The van der Waals surface area contributed by atoms with Gasteiger partial charge in [0.15, 0.2) is 0 Å². The van der Waals surface area contributed by atoms with Crippen LogP contribution in [0.4, 0.5) is 4.39 Å². The predicted octanol–water partition coefficient (Wildman–Crippen LogP) is 4.49. The average molecular weight is 510 g/mol. The first kappa shape index (κ1) is 25.0. The summed E-state index contributed by atoms with van der Waals surface area (Å²) in [4.78, 5) is 43.2. The predicted molar refractivity (Wildman–Crippen MR) is 139 cm³/mol. The summed E-state index contributed by atoms with van der Waals surface area (Å²) in [6, 6.07) is 6.78. The Morgan fingerprint density at radius 1 is 1.08 bits per heavy atom. The van der Waals surface area contributed by atoms with E-state index in [1.807, 2.05) is 6.07 Å². The normalized spacial score (nSPS) is 37.7. The van der Waals surface area contributed by atoms with Crippen molar-refractivity contribution in [2.75, 3.05) is 14.1 Å². The van der Waals surface area contributed by atoms with Gasteiger partial charge in [0.05, 0.1) is 0 Å². The number of fused-ring (bicyclic) bond motifs is 1. The number of rotatable bonds is 5. The maximum atomic E-state index is 14.1. The average Bonchev–Trinajstić information content (AvgIpc) is 3.14. The number of amides is 3. The molecule has 2 heterocycles. The van der Waals surface area contributed by atoms with Crippen molar-refractivity contribution in [1.29, 1.82) is 0 Å². The van der Waals surface area contributed by atoms with Gasteiger partial charge in [0.1, 0.15) is 11.7 Å². The van der Waals surface area contributed by atoms with E-state index in [0.717, 1.165) is 37.7 Å². The second-order valence-electron chi connectivity index (χ2n) is 13.1. The minimum absolute atomic E-state index is 0.0998. The topological polar surface area (TPSA) is 60.9 Å². The molecule has 5 aliphatic rings. The molecular weight excluding hydrogens is 469 g/mol. The van der Waals surface area contributed by atoms with E-state index < -0.39 is 11.7 Å². The highest BCUT2D eigenvalue weighted by molar-refractivity contribution is 6.05. The van der Waals surface area contributed by atoms with Crippen molar-refractivity contribution in [2.24, 2.45) is 11.3 Å². The highest BCUT2D eigenvalue weighted by Crippen LogP contribution is 2.63. The second kappa shape index (κ2) is 8.89. The van der Waals surface area contributed by atoms with Gasteiger partial charge in [0.2, 0.25) is 5.91 Å². The Balaban J connectivity index is 1.11. The van der Waals surface area contributed by atoms with Gasteiger partial charge in [0, 0.05) is 37.7 Å². The van der Waals surface area contributed by atoms with Crippen LogP contribution in [-0.2, 0) is 22.6 Å². The fourth-order valence-corrected chi connectivity index (χ4v) is 8.53. The van der Waals surface area contributed by atoms with Crippen LogP contribution in [0.1, 0.15) is 92.6 Å². The number of nitrogens with zero attached hydrogens (tertiary/aromatic N) is 3. The molecule has 2 unspecified atom stereocenters. The largest absolute Gasteiger partial charge is 0.322 e. The molecule has 3 aliphatic carbocycles. The molecule has 0 N–H and O–H groups in total. The van der Waals surface area contributed by atoms with Gasteiger partial charge in [0.25, 0.3) is 11.8 Å². The van der Waals surface area contributed by atoms with Gasteiger partial charge in [-0.25, -0.2) is 4.39 Å². The van der Waals surface area contributed by atoms with Crippen LogP contribution in [0, 0.1) is 11.3 Å². The van der Waals surface area contributed by atoms with Gasteiger partial charge in [-0.05, 0) is 93.9 Å². The zero-order chi connectivity index (χ0) is 26.1.